The monoisotopic (exact) mass is 304 g/mol. The van der Waals surface area contributed by atoms with Gasteiger partial charge in [0.25, 0.3) is 0 Å². The van der Waals surface area contributed by atoms with Gasteiger partial charge < -0.3 is 15.5 Å². The maximum Gasteiger partial charge on any atom is 0.0662 e. The molecule has 0 aliphatic rings. The third-order valence-corrected chi connectivity index (χ3v) is 3.13. The average molecular weight is 304 g/mol. The summed E-state index contributed by atoms with van der Waals surface area (Å²) >= 11 is 0. The number of ether oxygens (including phenoxy) is 1. The Kier molecular flexibility index (Phi) is 9.90. The van der Waals surface area contributed by atoms with Gasteiger partial charge in [0, 0.05) is 37.2 Å². The van der Waals surface area contributed by atoms with E-state index in [1.54, 1.807) is 6.20 Å². The van der Waals surface area contributed by atoms with Gasteiger partial charge in [0.05, 0.1) is 12.3 Å². The Morgan fingerprint density at radius 2 is 2.18 bits per heavy atom. The highest BCUT2D eigenvalue weighted by molar-refractivity contribution is 5.99. The molecule has 1 aromatic heterocycles. The normalized spacial score (nSPS) is 12.0. The van der Waals surface area contributed by atoms with Crippen molar-refractivity contribution in [2.24, 2.45) is 5.10 Å². The third-order valence-electron chi connectivity index (χ3n) is 3.13. The lowest BCUT2D eigenvalue weighted by Gasteiger charge is -2.04. The second kappa shape index (κ2) is 11.9. The van der Waals surface area contributed by atoms with Gasteiger partial charge in [-0.2, -0.15) is 5.10 Å². The highest BCUT2D eigenvalue weighted by Gasteiger charge is 2.00. The maximum absolute atomic E-state index is 5.27. The first-order valence-electron chi connectivity index (χ1n) is 7.88. The van der Waals surface area contributed by atoms with Gasteiger partial charge in [0.1, 0.15) is 0 Å². The highest BCUT2D eigenvalue weighted by Crippen LogP contribution is 2.04. The lowest BCUT2D eigenvalue weighted by Crippen LogP contribution is -2.17. The Morgan fingerprint density at radius 1 is 1.36 bits per heavy atom. The molecule has 0 amide bonds. The fourth-order valence-electron chi connectivity index (χ4n) is 1.94. The molecule has 0 radical (unpaired) electrons. The summed E-state index contributed by atoms with van der Waals surface area (Å²) in [6.45, 7) is 10.2. The summed E-state index contributed by atoms with van der Waals surface area (Å²) in [5.74, 6) is 0. The van der Waals surface area contributed by atoms with Gasteiger partial charge in [-0.05, 0) is 45.9 Å². The van der Waals surface area contributed by atoms with E-state index in [0.717, 1.165) is 56.2 Å². The molecular formula is C17H28N4O. The van der Waals surface area contributed by atoms with Gasteiger partial charge in [0.15, 0.2) is 0 Å². The molecular weight excluding hydrogens is 276 g/mol. The van der Waals surface area contributed by atoms with Crippen LogP contribution in [0.1, 0.15) is 31.5 Å². The number of aromatic nitrogens is 1. The summed E-state index contributed by atoms with van der Waals surface area (Å²) in [5, 5.41) is 7.70. The number of hydrogen-bond acceptors (Lipinski definition) is 5. The Bertz CT molecular complexity index is 471. The van der Waals surface area contributed by atoms with Crippen LogP contribution in [0.5, 0.6) is 0 Å². The second-order valence-electron chi connectivity index (χ2n) is 4.92. The maximum atomic E-state index is 5.27. The summed E-state index contributed by atoms with van der Waals surface area (Å²) in [7, 11) is 0. The van der Waals surface area contributed by atoms with Crippen LogP contribution in [0.15, 0.2) is 35.6 Å². The van der Waals surface area contributed by atoms with Crippen LogP contribution in [-0.2, 0) is 4.74 Å². The second-order valence-corrected chi connectivity index (χ2v) is 4.92. The zero-order chi connectivity index (χ0) is 16.0. The Hall–Kier alpha value is -1.72. The molecule has 5 nitrogen and oxygen atoms in total. The van der Waals surface area contributed by atoms with Crippen LogP contribution in [-0.4, -0.2) is 43.5 Å². The van der Waals surface area contributed by atoms with Crippen LogP contribution in [0.4, 0.5) is 0 Å². The molecule has 2 N–H and O–H groups in total. The zero-order valence-electron chi connectivity index (χ0n) is 13.9. The van der Waals surface area contributed by atoms with E-state index < -0.39 is 0 Å². The van der Waals surface area contributed by atoms with Crippen LogP contribution in [0, 0.1) is 6.92 Å². The van der Waals surface area contributed by atoms with Crippen molar-refractivity contribution in [1.82, 2.24) is 15.7 Å². The number of hydrazone groups is 1. The molecule has 0 atom stereocenters. The van der Waals surface area contributed by atoms with Crippen molar-refractivity contribution in [1.29, 1.82) is 0 Å². The van der Waals surface area contributed by atoms with Gasteiger partial charge >= 0.3 is 0 Å². The predicted octanol–water partition coefficient (Wildman–Crippen LogP) is 2.28. The minimum Gasteiger partial charge on any atom is -0.382 e. The van der Waals surface area contributed by atoms with Gasteiger partial charge in [0.2, 0.25) is 0 Å². The fraction of sp³-hybridized carbons (Fsp3) is 0.529. The Morgan fingerprint density at radius 3 is 2.95 bits per heavy atom. The van der Waals surface area contributed by atoms with Crippen molar-refractivity contribution in [3.8, 4) is 0 Å². The number of hydrogen-bond donors (Lipinski definition) is 2. The van der Waals surface area contributed by atoms with E-state index in [1.807, 2.05) is 32.9 Å². The highest BCUT2D eigenvalue weighted by atomic mass is 16.5. The molecule has 0 spiro atoms. The smallest absolute Gasteiger partial charge is 0.0662 e. The summed E-state index contributed by atoms with van der Waals surface area (Å²) in [4.78, 5) is 4.27. The summed E-state index contributed by atoms with van der Waals surface area (Å²) in [5.41, 5.74) is 6.08. The average Bonchev–Trinajstić information content (AvgIpc) is 2.53. The quantitative estimate of drug-likeness (QED) is 0.285. The van der Waals surface area contributed by atoms with Crippen LogP contribution in [0.25, 0.3) is 0 Å². The van der Waals surface area contributed by atoms with E-state index in [9.17, 15) is 0 Å². The van der Waals surface area contributed by atoms with Crippen molar-refractivity contribution >= 4 is 5.71 Å². The molecule has 5 heteroatoms. The summed E-state index contributed by atoms with van der Waals surface area (Å²) in [6, 6.07) is 3.96. The van der Waals surface area contributed by atoms with Crippen LogP contribution >= 0.6 is 0 Å². The van der Waals surface area contributed by atoms with Crippen LogP contribution in [0.3, 0.4) is 0 Å². The number of pyridine rings is 1. The molecule has 0 saturated heterocycles. The number of aryl methyl sites for hydroxylation is 1. The fourth-order valence-corrected chi connectivity index (χ4v) is 1.94. The molecule has 1 rings (SSSR count). The third kappa shape index (κ3) is 7.90. The van der Waals surface area contributed by atoms with Crippen LogP contribution < -0.4 is 10.7 Å². The SMILES string of the molecule is CCOCCCNC/C=C\CN/N=C(\C)c1cccnc1C. The summed E-state index contributed by atoms with van der Waals surface area (Å²) < 4.78 is 5.27. The van der Waals surface area contributed by atoms with Crippen molar-refractivity contribution in [2.75, 3.05) is 32.8 Å². The minimum absolute atomic E-state index is 0.720. The van der Waals surface area contributed by atoms with Crippen molar-refractivity contribution in [3.05, 3.63) is 41.7 Å². The first-order valence-corrected chi connectivity index (χ1v) is 7.88. The molecule has 22 heavy (non-hydrogen) atoms. The number of rotatable bonds is 11. The van der Waals surface area contributed by atoms with Gasteiger partial charge in [-0.1, -0.05) is 12.2 Å². The first-order chi connectivity index (χ1) is 10.8. The zero-order valence-corrected chi connectivity index (χ0v) is 13.9. The van der Waals surface area contributed by atoms with E-state index in [4.69, 9.17) is 4.74 Å². The van der Waals surface area contributed by atoms with E-state index in [-0.39, 0.29) is 0 Å². The molecule has 1 aromatic rings. The Labute approximate surface area is 133 Å². The lowest BCUT2D eigenvalue weighted by molar-refractivity contribution is 0.145. The van der Waals surface area contributed by atoms with Crippen LogP contribution in [0.2, 0.25) is 0 Å². The molecule has 0 aliphatic carbocycles. The van der Waals surface area contributed by atoms with Crippen molar-refractivity contribution in [2.45, 2.75) is 27.2 Å². The molecule has 0 aliphatic heterocycles. The van der Waals surface area contributed by atoms with E-state index >= 15 is 0 Å². The van der Waals surface area contributed by atoms with E-state index in [0.29, 0.717) is 0 Å². The lowest BCUT2D eigenvalue weighted by atomic mass is 10.1. The largest absolute Gasteiger partial charge is 0.382 e. The first kappa shape index (κ1) is 18.3. The predicted molar refractivity (Wildman–Crippen MR) is 92.3 cm³/mol. The summed E-state index contributed by atoms with van der Waals surface area (Å²) in [6.07, 6.45) is 7.02. The van der Waals surface area contributed by atoms with Gasteiger partial charge in [-0.3, -0.25) is 4.98 Å². The van der Waals surface area contributed by atoms with Gasteiger partial charge in [-0.15, -0.1) is 0 Å². The standard InChI is InChI=1S/C17H28N4O/c1-4-22-14-8-11-18-10-5-6-13-20-21-16(3)17-9-7-12-19-15(17)2/h5-7,9,12,18,20H,4,8,10-11,13-14H2,1-3H3/b6-5-,21-16+. The van der Waals surface area contributed by atoms with E-state index in [1.165, 1.54) is 0 Å². The van der Waals surface area contributed by atoms with Crippen molar-refractivity contribution < 1.29 is 4.74 Å². The number of nitrogens with one attached hydrogen (secondary N) is 2. The molecule has 0 unspecified atom stereocenters. The topological polar surface area (TPSA) is 58.5 Å². The molecule has 0 aromatic carbocycles. The molecule has 1 heterocycles. The molecule has 0 bridgehead atoms. The van der Waals surface area contributed by atoms with Crippen molar-refractivity contribution in [3.63, 3.8) is 0 Å². The molecule has 122 valence electrons. The minimum atomic E-state index is 0.720. The number of nitrogens with zero attached hydrogens (tertiary/aromatic N) is 2. The van der Waals surface area contributed by atoms with E-state index in [2.05, 4.69) is 33.0 Å². The Balaban J connectivity index is 2.13. The molecule has 0 saturated carbocycles. The van der Waals surface area contributed by atoms with Gasteiger partial charge in [-0.25, -0.2) is 0 Å². The molecule has 0 fully saturated rings.